The summed E-state index contributed by atoms with van der Waals surface area (Å²) in [6, 6.07) is 17.0. The van der Waals surface area contributed by atoms with Crippen LogP contribution in [-0.2, 0) is 17.4 Å². The molecule has 2 aliphatic rings. The SMILES string of the molecule is CCOc1ccc2ccccc2c1C(=O)N(Cc1cc2c(cc1C)C(C)(C)CCC2(C)C)CC1CCC(CN=C(N)N)CC1. The Morgan fingerprint density at radius 3 is 2.23 bits per heavy atom. The van der Waals surface area contributed by atoms with Crippen LogP contribution in [0.25, 0.3) is 10.8 Å². The highest BCUT2D eigenvalue weighted by molar-refractivity contribution is 6.09. The predicted octanol–water partition coefficient (Wildman–Crippen LogP) is 7.62. The van der Waals surface area contributed by atoms with E-state index in [1.54, 1.807) is 0 Å². The number of aliphatic imine (C=N–C) groups is 1. The standard InChI is InChI=1S/C38H52N4O2/c1-7-44-33-17-16-28-10-8-9-11-30(28)34(33)35(43)42(23-27-14-12-26(13-15-27)22-41-36(39)40)24-29-21-32-31(20-25(29)2)37(3,4)18-19-38(32,5)6/h8-11,16-17,20-21,26-27H,7,12-15,18-19,22-24H2,1-6H3,(H4,39,40,41). The number of hydrogen-bond donors (Lipinski definition) is 2. The molecule has 4 N–H and O–H groups in total. The lowest BCUT2D eigenvalue weighted by Crippen LogP contribution is -2.38. The van der Waals surface area contributed by atoms with Gasteiger partial charge in [-0.3, -0.25) is 9.79 Å². The lowest BCUT2D eigenvalue weighted by atomic mass is 9.62. The summed E-state index contributed by atoms with van der Waals surface area (Å²) in [4.78, 5) is 21.2. The van der Waals surface area contributed by atoms with Gasteiger partial charge < -0.3 is 21.1 Å². The molecule has 3 aromatic rings. The highest BCUT2D eigenvalue weighted by Gasteiger charge is 2.38. The van der Waals surface area contributed by atoms with E-state index in [1.807, 2.05) is 31.2 Å². The molecule has 0 aromatic heterocycles. The topological polar surface area (TPSA) is 93.9 Å². The van der Waals surface area contributed by atoms with Crippen molar-refractivity contribution in [3.63, 3.8) is 0 Å². The van der Waals surface area contributed by atoms with Gasteiger partial charge in [0.1, 0.15) is 5.75 Å². The molecule has 0 unspecified atom stereocenters. The third-order valence-electron chi connectivity index (χ3n) is 10.3. The molecule has 1 saturated carbocycles. The van der Waals surface area contributed by atoms with Gasteiger partial charge in [-0.2, -0.15) is 0 Å². The van der Waals surface area contributed by atoms with Crippen LogP contribution in [0.3, 0.4) is 0 Å². The number of carbonyl (C=O) groups is 1. The number of amides is 1. The highest BCUT2D eigenvalue weighted by atomic mass is 16.5. The summed E-state index contributed by atoms with van der Waals surface area (Å²) in [6.07, 6.45) is 6.62. The van der Waals surface area contributed by atoms with Crippen molar-refractivity contribution in [3.05, 3.63) is 76.3 Å². The van der Waals surface area contributed by atoms with Crippen LogP contribution in [0.15, 0.2) is 53.5 Å². The van der Waals surface area contributed by atoms with Crippen LogP contribution in [0.2, 0.25) is 0 Å². The monoisotopic (exact) mass is 596 g/mol. The second-order valence-corrected chi connectivity index (χ2v) is 14.5. The third-order valence-corrected chi connectivity index (χ3v) is 10.3. The van der Waals surface area contributed by atoms with Crippen LogP contribution in [0.4, 0.5) is 0 Å². The lowest BCUT2D eigenvalue weighted by Gasteiger charge is -2.42. The number of benzene rings is 3. The molecule has 0 radical (unpaired) electrons. The molecule has 236 valence electrons. The second-order valence-electron chi connectivity index (χ2n) is 14.5. The highest BCUT2D eigenvalue weighted by Crippen LogP contribution is 2.47. The van der Waals surface area contributed by atoms with Crippen molar-refractivity contribution in [2.45, 2.75) is 97.4 Å². The number of nitrogens with zero attached hydrogens (tertiary/aromatic N) is 2. The Hall–Kier alpha value is -3.54. The molecule has 1 fully saturated rings. The second kappa shape index (κ2) is 12.8. The predicted molar refractivity (Wildman–Crippen MR) is 182 cm³/mol. The van der Waals surface area contributed by atoms with Crippen molar-refractivity contribution in [2.75, 3.05) is 19.7 Å². The summed E-state index contributed by atoms with van der Waals surface area (Å²) in [5.74, 6) is 1.79. The number of ether oxygens (including phenoxy) is 1. The van der Waals surface area contributed by atoms with E-state index < -0.39 is 0 Å². The number of guanidine groups is 1. The number of hydrogen-bond acceptors (Lipinski definition) is 3. The molecule has 0 aliphatic heterocycles. The normalized spacial score (nSPS) is 20.5. The smallest absolute Gasteiger partial charge is 0.258 e. The molecule has 5 rings (SSSR count). The first-order valence-corrected chi connectivity index (χ1v) is 16.5. The van der Waals surface area contributed by atoms with Crippen LogP contribution in [0.1, 0.15) is 106 Å². The summed E-state index contributed by atoms with van der Waals surface area (Å²) in [5.41, 5.74) is 17.5. The van der Waals surface area contributed by atoms with E-state index >= 15 is 0 Å². The zero-order valence-corrected chi connectivity index (χ0v) is 27.7. The van der Waals surface area contributed by atoms with Gasteiger partial charge in [0.2, 0.25) is 0 Å². The van der Waals surface area contributed by atoms with Crippen molar-refractivity contribution in [1.82, 2.24) is 4.90 Å². The fourth-order valence-electron chi connectivity index (χ4n) is 7.41. The van der Waals surface area contributed by atoms with Gasteiger partial charge in [0, 0.05) is 19.6 Å². The molecule has 0 bridgehead atoms. The fourth-order valence-corrected chi connectivity index (χ4v) is 7.41. The van der Waals surface area contributed by atoms with Crippen molar-refractivity contribution >= 4 is 22.6 Å². The minimum Gasteiger partial charge on any atom is -0.493 e. The molecule has 1 amide bonds. The Bertz CT molecular complexity index is 1530. The van der Waals surface area contributed by atoms with Gasteiger partial charge in [0.15, 0.2) is 5.96 Å². The Morgan fingerprint density at radius 1 is 0.932 bits per heavy atom. The van der Waals surface area contributed by atoms with Crippen molar-refractivity contribution in [1.29, 1.82) is 0 Å². The number of nitrogens with two attached hydrogens (primary N) is 2. The van der Waals surface area contributed by atoms with E-state index in [0.717, 1.165) is 42.9 Å². The Labute approximate surface area is 264 Å². The van der Waals surface area contributed by atoms with E-state index in [9.17, 15) is 4.79 Å². The average molecular weight is 597 g/mol. The van der Waals surface area contributed by atoms with Crippen LogP contribution in [0, 0.1) is 18.8 Å². The molecule has 0 heterocycles. The van der Waals surface area contributed by atoms with Crippen molar-refractivity contribution < 1.29 is 9.53 Å². The number of aryl methyl sites for hydroxylation is 1. The third kappa shape index (κ3) is 6.74. The van der Waals surface area contributed by atoms with Crippen LogP contribution >= 0.6 is 0 Å². The van der Waals surface area contributed by atoms with Gasteiger partial charge in [-0.15, -0.1) is 0 Å². The van der Waals surface area contributed by atoms with Crippen molar-refractivity contribution in [2.24, 2.45) is 28.3 Å². The summed E-state index contributed by atoms with van der Waals surface area (Å²) in [6.45, 7) is 16.2. The lowest BCUT2D eigenvalue weighted by molar-refractivity contribution is 0.0688. The van der Waals surface area contributed by atoms with Gasteiger partial charge in [0.05, 0.1) is 12.2 Å². The Balaban J connectivity index is 1.52. The van der Waals surface area contributed by atoms with Gasteiger partial charge >= 0.3 is 0 Å². The molecule has 0 saturated heterocycles. The molecule has 6 nitrogen and oxygen atoms in total. The molecule has 6 heteroatoms. The number of fused-ring (bicyclic) bond motifs is 2. The minimum atomic E-state index is 0.0459. The van der Waals surface area contributed by atoms with E-state index in [2.05, 4.69) is 68.8 Å². The number of carbonyl (C=O) groups excluding carboxylic acids is 1. The maximum Gasteiger partial charge on any atom is 0.258 e. The van der Waals surface area contributed by atoms with Gasteiger partial charge in [-0.05, 0) is 114 Å². The fraction of sp³-hybridized carbons (Fsp3) is 0.526. The zero-order chi connectivity index (χ0) is 31.6. The minimum absolute atomic E-state index is 0.0459. The summed E-state index contributed by atoms with van der Waals surface area (Å²) in [7, 11) is 0. The van der Waals surface area contributed by atoms with Gasteiger partial charge in [-0.25, -0.2) is 0 Å². The van der Waals surface area contributed by atoms with Crippen LogP contribution in [0.5, 0.6) is 5.75 Å². The average Bonchev–Trinajstić information content (AvgIpc) is 2.99. The first-order valence-electron chi connectivity index (χ1n) is 16.5. The molecule has 44 heavy (non-hydrogen) atoms. The quantitative estimate of drug-likeness (QED) is 0.196. The van der Waals surface area contributed by atoms with E-state index in [4.69, 9.17) is 16.2 Å². The van der Waals surface area contributed by atoms with E-state index in [-0.39, 0.29) is 22.7 Å². The first kappa shape index (κ1) is 31.9. The van der Waals surface area contributed by atoms with Gasteiger partial charge in [-0.1, -0.05) is 70.2 Å². The number of rotatable bonds is 9. The molecular weight excluding hydrogens is 544 g/mol. The first-order chi connectivity index (χ1) is 20.9. The van der Waals surface area contributed by atoms with Crippen LogP contribution < -0.4 is 16.2 Å². The molecule has 2 aliphatic carbocycles. The van der Waals surface area contributed by atoms with E-state index in [0.29, 0.717) is 49.4 Å². The van der Waals surface area contributed by atoms with Crippen LogP contribution in [-0.4, -0.2) is 36.5 Å². The Kier molecular flexibility index (Phi) is 9.29. The maximum absolute atomic E-state index is 14.8. The summed E-state index contributed by atoms with van der Waals surface area (Å²) < 4.78 is 6.08. The largest absolute Gasteiger partial charge is 0.493 e. The zero-order valence-electron chi connectivity index (χ0n) is 27.7. The molecule has 0 atom stereocenters. The molecule has 0 spiro atoms. The maximum atomic E-state index is 14.8. The van der Waals surface area contributed by atoms with Crippen molar-refractivity contribution in [3.8, 4) is 5.75 Å². The molecule has 3 aromatic carbocycles. The summed E-state index contributed by atoms with van der Waals surface area (Å²) >= 11 is 0. The Morgan fingerprint density at radius 2 is 1.57 bits per heavy atom. The summed E-state index contributed by atoms with van der Waals surface area (Å²) in [5, 5.41) is 1.99. The molecular formula is C38H52N4O2. The van der Waals surface area contributed by atoms with E-state index in [1.165, 1.54) is 28.7 Å². The van der Waals surface area contributed by atoms with Gasteiger partial charge in [0.25, 0.3) is 5.91 Å².